The molecule has 0 fully saturated rings. The van der Waals surface area contributed by atoms with Gasteiger partial charge in [0.2, 0.25) is 3.79 Å². The second-order valence-corrected chi connectivity index (χ2v) is 7.98. The number of rotatable bonds is 3. The van der Waals surface area contributed by atoms with Crippen LogP contribution in [0.1, 0.15) is 25.0 Å². The summed E-state index contributed by atoms with van der Waals surface area (Å²) in [5.74, 6) is 0.540. The first-order valence-corrected chi connectivity index (χ1v) is 7.07. The van der Waals surface area contributed by atoms with Gasteiger partial charge in [0.05, 0.1) is 0 Å². The summed E-state index contributed by atoms with van der Waals surface area (Å²) in [5.41, 5.74) is 1.72. The lowest BCUT2D eigenvalue weighted by Gasteiger charge is -2.28. The summed E-state index contributed by atoms with van der Waals surface area (Å²) in [7, 11) is 0. The Morgan fingerprint density at radius 1 is 1.06 bits per heavy atom. The van der Waals surface area contributed by atoms with E-state index in [-0.39, 0.29) is 0 Å². The molecule has 0 saturated carbocycles. The third-order valence-corrected chi connectivity index (χ3v) is 4.72. The molecule has 0 spiro atoms. The fraction of sp³-hybridized carbons (Fsp3) is 0.500. The zero-order valence-electron chi connectivity index (χ0n) is 9.48. The van der Waals surface area contributed by atoms with Gasteiger partial charge in [-0.05, 0) is 23.5 Å². The zero-order chi connectivity index (χ0) is 13.3. The Bertz CT molecular complexity index is 379. The van der Waals surface area contributed by atoms with Crippen molar-refractivity contribution in [3.8, 4) is 0 Å². The average Bonchev–Trinajstić information content (AvgIpc) is 2.15. The summed E-state index contributed by atoms with van der Waals surface area (Å²) in [6.07, 6.45) is 0.928. The topological polar surface area (TPSA) is 0 Å². The highest BCUT2D eigenvalue weighted by Gasteiger charge is 2.47. The minimum Gasteiger partial charge on any atom is -0.0915 e. The van der Waals surface area contributed by atoms with Gasteiger partial charge in [0, 0.05) is 0 Å². The molecule has 0 unspecified atom stereocenters. The summed E-state index contributed by atoms with van der Waals surface area (Å²) in [6, 6.07) is 7.50. The third-order valence-electron chi connectivity index (χ3n) is 2.29. The van der Waals surface area contributed by atoms with Gasteiger partial charge in [0.1, 0.15) is 0 Å². The number of hydrogen-bond acceptors (Lipinski definition) is 0. The van der Waals surface area contributed by atoms with E-state index in [0.29, 0.717) is 11.5 Å². The molecule has 96 valence electrons. The Kier molecular flexibility index (Phi) is 5.32. The van der Waals surface area contributed by atoms with Gasteiger partial charge in [0.15, 0.2) is 4.33 Å². The van der Waals surface area contributed by atoms with Crippen molar-refractivity contribution < 1.29 is 0 Å². The van der Waals surface area contributed by atoms with Crippen molar-refractivity contribution in [1.82, 2.24) is 0 Å². The minimum absolute atomic E-state index is 0.540. The van der Waals surface area contributed by atoms with E-state index in [1.54, 1.807) is 6.07 Å². The van der Waals surface area contributed by atoms with Crippen molar-refractivity contribution in [2.75, 3.05) is 0 Å². The fourth-order valence-electron chi connectivity index (χ4n) is 1.53. The zero-order valence-corrected chi connectivity index (χ0v) is 13.3. The molecule has 1 aromatic rings. The standard InChI is InChI=1S/C12H13Cl5/c1-8(2)6-9-4-3-5-10(7-9)11(13,14)12(15,16)17/h3-5,7-8H,6H2,1-2H3. The lowest BCUT2D eigenvalue weighted by atomic mass is 10.00. The minimum atomic E-state index is -1.77. The Balaban J connectivity index is 3.07. The van der Waals surface area contributed by atoms with E-state index in [4.69, 9.17) is 58.0 Å². The lowest BCUT2D eigenvalue weighted by Crippen LogP contribution is -2.28. The molecular weight excluding hydrogens is 321 g/mol. The summed E-state index contributed by atoms with van der Waals surface area (Å²) in [5, 5.41) is 0. The van der Waals surface area contributed by atoms with E-state index in [1.165, 1.54) is 0 Å². The number of alkyl halides is 5. The molecule has 0 aromatic heterocycles. The Morgan fingerprint density at radius 2 is 1.65 bits per heavy atom. The van der Waals surface area contributed by atoms with Crippen LogP contribution in [0.4, 0.5) is 0 Å². The van der Waals surface area contributed by atoms with Crippen LogP contribution < -0.4 is 0 Å². The van der Waals surface area contributed by atoms with Gasteiger partial charge in [-0.2, -0.15) is 0 Å². The van der Waals surface area contributed by atoms with Crippen molar-refractivity contribution in [3.63, 3.8) is 0 Å². The molecule has 0 nitrogen and oxygen atoms in total. The highest BCUT2D eigenvalue weighted by atomic mass is 35.6. The molecule has 1 rings (SSSR count). The molecule has 0 bridgehead atoms. The van der Waals surface area contributed by atoms with Crippen LogP contribution in [-0.2, 0) is 10.8 Å². The smallest absolute Gasteiger partial charge is 0.0915 e. The first-order chi connectivity index (χ1) is 7.64. The van der Waals surface area contributed by atoms with Crippen LogP contribution in [0.3, 0.4) is 0 Å². The first-order valence-electron chi connectivity index (χ1n) is 5.18. The SMILES string of the molecule is CC(C)Cc1cccc(C(Cl)(Cl)C(Cl)(Cl)Cl)c1. The Morgan fingerprint density at radius 3 is 2.12 bits per heavy atom. The molecule has 5 heteroatoms. The molecule has 0 radical (unpaired) electrons. The van der Waals surface area contributed by atoms with E-state index >= 15 is 0 Å². The van der Waals surface area contributed by atoms with Crippen LogP contribution in [0.2, 0.25) is 0 Å². The third kappa shape index (κ3) is 4.08. The molecule has 0 amide bonds. The van der Waals surface area contributed by atoms with Crippen LogP contribution in [0, 0.1) is 5.92 Å². The highest BCUT2D eigenvalue weighted by Crippen LogP contribution is 2.52. The van der Waals surface area contributed by atoms with Gasteiger partial charge >= 0.3 is 0 Å². The quantitative estimate of drug-likeness (QED) is 0.605. The molecule has 1 aromatic carbocycles. The van der Waals surface area contributed by atoms with E-state index in [9.17, 15) is 0 Å². The van der Waals surface area contributed by atoms with Gasteiger partial charge < -0.3 is 0 Å². The van der Waals surface area contributed by atoms with Crippen molar-refractivity contribution in [3.05, 3.63) is 35.4 Å². The maximum absolute atomic E-state index is 6.12. The monoisotopic (exact) mass is 332 g/mol. The van der Waals surface area contributed by atoms with Gasteiger partial charge in [-0.25, -0.2) is 0 Å². The summed E-state index contributed by atoms with van der Waals surface area (Å²) in [6.45, 7) is 4.27. The van der Waals surface area contributed by atoms with Crippen molar-refractivity contribution in [2.24, 2.45) is 5.92 Å². The number of halogens is 5. The number of hydrogen-bond donors (Lipinski definition) is 0. The maximum Gasteiger partial charge on any atom is 0.227 e. The molecule has 0 atom stereocenters. The van der Waals surface area contributed by atoms with Crippen LogP contribution in [0.5, 0.6) is 0 Å². The normalized spacial score (nSPS) is 13.2. The van der Waals surface area contributed by atoms with Crippen LogP contribution in [-0.4, -0.2) is 3.79 Å². The molecule has 0 saturated heterocycles. The van der Waals surface area contributed by atoms with E-state index in [2.05, 4.69) is 13.8 Å². The van der Waals surface area contributed by atoms with Gasteiger partial charge in [-0.1, -0.05) is 96.1 Å². The van der Waals surface area contributed by atoms with E-state index in [0.717, 1.165) is 12.0 Å². The Hall–Kier alpha value is 0.670. The molecule has 17 heavy (non-hydrogen) atoms. The van der Waals surface area contributed by atoms with Crippen molar-refractivity contribution >= 4 is 58.0 Å². The lowest BCUT2D eigenvalue weighted by molar-refractivity contribution is 0.646. The molecule has 0 aliphatic rings. The van der Waals surface area contributed by atoms with Gasteiger partial charge in [-0.3, -0.25) is 0 Å². The predicted octanol–water partition coefficient (Wildman–Crippen LogP) is 5.89. The van der Waals surface area contributed by atoms with Crippen molar-refractivity contribution in [1.29, 1.82) is 0 Å². The van der Waals surface area contributed by atoms with Gasteiger partial charge in [0.25, 0.3) is 0 Å². The van der Waals surface area contributed by atoms with E-state index < -0.39 is 8.13 Å². The summed E-state index contributed by atoms with van der Waals surface area (Å²) < 4.78 is -3.32. The molecular formula is C12H13Cl5. The summed E-state index contributed by atoms with van der Waals surface area (Å²) >= 11 is 29.6. The predicted molar refractivity (Wildman–Crippen MR) is 78.7 cm³/mol. The van der Waals surface area contributed by atoms with Crippen molar-refractivity contribution in [2.45, 2.75) is 28.4 Å². The molecule has 0 aliphatic carbocycles. The second-order valence-electron chi connectivity index (χ2n) is 4.37. The van der Waals surface area contributed by atoms with Crippen LogP contribution in [0.25, 0.3) is 0 Å². The van der Waals surface area contributed by atoms with Gasteiger partial charge in [-0.15, -0.1) is 0 Å². The Labute approximate surface area is 127 Å². The average molecular weight is 335 g/mol. The largest absolute Gasteiger partial charge is 0.227 e. The molecule has 0 heterocycles. The highest BCUT2D eigenvalue weighted by molar-refractivity contribution is 6.75. The van der Waals surface area contributed by atoms with Crippen LogP contribution >= 0.6 is 58.0 Å². The second kappa shape index (κ2) is 5.75. The number of benzene rings is 1. The fourth-order valence-corrected chi connectivity index (χ4v) is 2.09. The molecule has 0 N–H and O–H groups in total. The maximum atomic E-state index is 6.12. The molecule has 0 aliphatic heterocycles. The first kappa shape index (κ1) is 15.7. The van der Waals surface area contributed by atoms with E-state index in [1.807, 2.05) is 18.2 Å². The van der Waals surface area contributed by atoms with Crippen LogP contribution in [0.15, 0.2) is 24.3 Å². The summed E-state index contributed by atoms with van der Waals surface area (Å²) in [4.78, 5) is 0.